The summed E-state index contributed by atoms with van der Waals surface area (Å²) in [5.74, 6) is -0.143. The van der Waals surface area contributed by atoms with E-state index in [4.69, 9.17) is 5.11 Å². The van der Waals surface area contributed by atoms with Gasteiger partial charge < -0.3 is 10.4 Å². The van der Waals surface area contributed by atoms with E-state index in [0.29, 0.717) is 13.0 Å². The lowest BCUT2D eigenvalue weighted by atomic mass is 9.83. The zero-order valence-corrected chi connectivity index (χ0v) is 12.0. The first kappa shape index (κ1) is 13.9. The SMILES string of the molecule is O=C(O)c1ccc2c(c1)CCN2C(=O)NCCC1CCC1. The average molecular weight is 288 g/mol. The Morgan fingerprint density at radius 2 is 2.14 bits per heavy atom. The van der Waals surface area contributed by atoms with Crippen LogP contribution in [0, 0.1) is 5.92 Å². The fourth-order valence-corrected chi connectivity index (χ4v) is 3.01. The van der Waals surface area contributed by atoms with Crippen LogP contribution in [0.5, 0.6) is 0 Å². The summed E-state index contributed by atoms with van der Waals surface area (Å²) in [6.07, 6.45) is 5.68. The zero-order chi connectivity index (χ0) is 14.8. The van der Waals surface area contributed by atoms with Crippen molar-refractivity contribution in [1.82, 2.24) is 5.32 Å². The minimum atomic E-state index is -0.929. The largest absolute Gasteiger partial charge is 0.478 e. The number of benzene rings is 1. The molecule has 0 aromatic heterocycles. The summed E-state index contributed by atoms with van der Waals surface area (Å²) in [4.78, 5) is 24.9. The number of hydrogen-bond acceptors (Lipinski definition) is 2. The van der Waals surface area contributed by atoms with Gasteiger partial charge in [-0.25, -0.2) is 9.59 Å². The number of anilines is 1. The molecule has 1 aliphatic carbocycles. The summed E-state index contributed by atoms with van der Waals surface area (Å²) >= 11 is 0. The molecule has 1 aromatic carbocycles. The Hall–Kier alpha value is -2.04. The molecule has 1 heterocycles. The highest BCUT2D eigenvalue weighted by Crippen LogP contribution is 2.30. The molecule has 0 bridgehead atoms. The van der Waals surface area contributed by atoms with Crippen molar-refractivity contribution in [1.29, 1.82) is 0 Å². The van der Waals surface area contributed by atoms with Gasteiger partial charge in [0.05, 0.1) is 5.56 Å². The predicted octanol–water partition coefficient (Wildman–Crippen LogP) is 2.65. The van der Waals surface area contributed by atoms with Crippen molar-refractivity contribution in [2.24, 2.45) is 5.92 Å². The minimum absolute atomic E-state index is 0.0730. The second-order valence-electron chi connectivity index (χ2n) is 5.87. The first-order valence-corrected chi connectivity index (χ1v) is 7.57. The molecule has 5 heteroatoms. The second-order valence-corrected chi connectivity index (χ2v) is 5.87. The summed E-state index contributed by atoms with van der Waals surface area (Å²) in [5.41, 5.74) is 2.05. The van der Waals surface area contributed by atoms with Gasteiger partial charge in [0.15, 0.2) is 0 Å². The van der Waals surface area contributed by atoms with Gasteiger partial charge in [0.1, 0.15) is 0 Å². The van der Waals surface area contributed by atoms with Crippen LogP contribution in [0.25, 0.3) is 0 Å². The van der Waals surface area contributed by atoms with Crippen LogP contribution in [0.4, 0.5) is 10.5 Å². The molecular weight excluding hydrogens is 268 g/mol. The third kappa shape index (κ3) is 2.86. The van der Waals surface area contributed by atoms with Crippen LogP contribution in [-0.4, -0.2) is 30.2 Å². The monoisotopic (exact) mass is 288 g/mol. The van der Waals surface area contributed by atoms with Crippen LogP contribution in [-0.2, 0) is 6.42 Å². The number of carboxylic acids is 1. The van der Waals surface area contributed by atoms with Crippen molar-refractivity contribution >= 4 is 17.7 Å². The minimum Gasteiger partial charge on any atom is -0.478 e. The van der Waals surface area contributed by atoms with Gasteiger partial charge in [0.2, 0.25) is 0 Å². The second kappa shape index (κ2) is 5.76. The first-order valence-electron chi connectivity index (χ1n) is 7.57. The number of nitrogens with zero attached hydrogens (tertiary/aromatic N) is 1. The number of aromatic carboxylic acids is 1. The number of amides is 2. The highest BCUT2D eigenvalue weighted by molar-refractivity contribution is 5.96. The molecule has 1 fully saturated rings. The summed E-state index contributed by atoms with van der Waals surface area (Å²) in [6, 6.07) is 4.88. The Kier molecular flexibility index (Phi) is 3.82. The smallest absolute Gasteiger partial charge is 0.335 e. The van der Waals surface area contributed by atoms with Crippen LogP contribution < -0.4 is 10.2 Å². The quantitative estimate of drug-likeness (QED) is 0.895. The van der Waals surface area contributed by atoms with E-state index in [1.807, 2.05) is 0 Å². The molecular formula is C16H20N2O3. The average Bonchev–Trinajstić information content (AvgIpc) is 2.84. The number of rotatable bonds is 4. The van der Waals surface area contributed by atoms with Gasteiger partial charge in [-0.3, -0.25) is 4.90 Å². The number of fused-ring (bicyclic) bond motifs is 1. The molecule has 0 atom stereocenters. The van der Waals surface area contributed by atoms with Gasteiger partial charge in [0, 0.05) is 18.8 Å². The molecule has 1 aliphatic heterocycles. The molecule has 2 aliphatic rings. The van der Waals surface area contributed by atoms with Crippen molar-refractivity contribution in [3.05, 3.63) is 29.3 Å². The molecule has 0 unspecified atom stereocenters. The van der Waals surface area contributed by atoms with Gasteiger partial charge in [-0.05, 0) is 42.5 Å². The standard InChI is InChI=1S/C16H20N2O3/c19-15(20)13-4-5-14-12(10-13)7-9-18(14)16(21)17-8-6-11-2-1-3-11/h4-5,10-11H,1-3,6-9H2,(H,17,21)(H,19,20). The van der Waals surface area contributed by atoms with E-state index in [2.05, 4.69) is 5.32 Å². The van der Waals surface area contributed by atoms with Gasteiger partial charge in [0.25, 0.3) is 0 Å². The van der Waals surface area contributed by atoms with Gasteiger partial charge in [-0.2, -0.15) is 0 Å². The lowest BCUT2D eigenvalue weighted by Crippen LogP contribution is -2.40. The number of nitrogens with one attached hydrogen (secondary N) is 1. The Morgan fingerprint density at radius 1 is 1.33 bits per heavy atom. The van der Waals surface area contributed by atoms with Crippen molar-refractivity contribution in [2.45, 2.75) is 32.1 Å². The molecule has 5 nitrogen and oxygen atoms in total. The van der Waals surface area contributed by atoms with E-state index in [1.165, 1.54) is 19.3 Å². The van der Waals surface area contributed by atoms with Crippen LogP contribution in [0.2, 0.25) is 0 Å². The van der Waals surface area contributed by atoms with Gasteiger partial charge >= 0.3 is 12.0 Å². The molecule has 21 heavy (non-hydrogen) atoms. The Morgan fingerprint density at radius 3 is 2.81 bits per heavy atom. The maximum atomic E-state index is 12.2. The van der Waals surface area contributed by atoms with E-state index in [1.54, 1.807) is 23.1 Å². The summed E-state index contributed by atoms with van der Waals surface area (Å²) in [5, 5.41) is 12.0. The fourth-order valence-electron chi connectivity index (χ4n) is 3.01. The highest BCUT2D eigenvalue weighted by Gasteiger charge is 2.25. The van der Waals surface area contributed by atoms with Crippen molar-refractivity contribution in [2.75, 3.05) is 18.0 Å². The fraction of sp³-hybridized carbons (Fsp3) is 0.500. The van der Waals surface area contributed by atoms with E-state index < -0.39 is 5.97 Å². The normalized spacial score (nSPS) is 17.2. The summed E-state index contributed by atoms with van der Waals surface area (Å²) in [7, 11) is 0. The molecule has 1 aromatic rings. The topological polar surface area (TPSA) is 69.6 Å². The third-order valence-electron chi connectivity index (χ3n) is 4.52. The molecule has 2 N–H and O–H groups in total. The van der Waals surface area contributed by atoms with Crippen molar-refractivity contribution in [3.63, 3.8) is 0 Å². The molecule has 3 rings (SSSR count). The Balaban J connectivity index is 1.60. The molecule has 0 radical (unpaired) electrons. The van der Waals surface area contributed by atoms with E-state index in [0.717, 1.165) is 30.1 Å². The summed E-state index contributed by atoms with van der Waals surface area (Å²) in [6.45, 7) is 1.34. The zero-order valence-electron chi connectivity index (χ0n) is 12.0. The molecule has 0 saturated heterocycles. The van der Waals surface area contributed by atoms with Crippen LogP contribution in [0.15, 0.2) is 18.2 Å². The number of carboxylic acid groups (broad SMARTS) is 1. The maximum Gasteiger partial charge on any atom is 0.335 e. The number of urea groups is 1. The first-order chi connectivity index (χ1) is 10.1. The summed E-state index contributed by atoms with van der Waals surface area (Å²) < 4.78 is 0. The highest BCUT2D eigenvalue weighted by atomic mass is 16.4. The van der Waals surface area contributed by atoms with Gasteiger partial charge in [-0.1, -0.05) is 19.3 Å². The number of hydrogen-bond donors (Lipinski definition) is 2. The van der Waals surface area contributed by atoms with Crippen molar-refractivity contribution in [3.8, 4) is 0 Å². The number of carbonyl (C=O) groups is 2. The van der Waals surface area contributed by atoms with Crippen LogP contribution >= 0.6 is 0 Å². The van der Waals surface area contributed by atoms with Crippen LogP contribution in [0.3, 0.4) is 0 Å². The molecule has 112 valence electrons. The molecule has 1 saturated carbocycles. The van der Waals surface area contributed by atoms with Crippen molar-refractivity contribution < 1.29 is 14.7 Å². The molecule has 2 amide bonds. The maximum absolute atomic E-state index is 12.2. The third-order valence-corrected chi connectivity index (χ3v) is 4.52. The lowest BCUT2D eigenvalue weighted by molar-refractivity contribution is 0.0697. The number of carbonyl (C=O) groups excluding carboxylic acids is 1. The van der Waals surface area contributed by atoms with E-state index >= 15 is 0 Å². The Labute approximate surface area is 123 Å². The van der Waals surface area contributed by atoms with Gasteiger partial charge in [-0.15, -0.1) is 0 Å². The van der Waals surface area contributed by atoms with E-state index in [9.17, 15) is 9.59 Å². The van der Waals surface area contributed by atoms with Crippen LogP contribution in [0.1, 0.15) is 41.6 Å². The van der Waals surface area contributed by atoms with E-state index in [-0.39, 0.29) is 11.6 Å². The Bertz CT molecular complexity index is 567. The lowest BCUT2D eigenvalue weighted by Gasteiger charge is -2.26. The molecule has 0 spiro atoms. The predicted molar refractivity (Wildman–Crippen MR) is 79.8 cm³/mol.